The highest BCUT2D eigenvalue weighted by Crippen LogP contribution is 2.35. The third-order valence-electron chi connectivity index (χ3n) is 3.08. The lowest BCUT2D eigenvalue weighted by Crippen LogP contribution is -2.51. The SMILES string of the molecule is C=CC[C@]1(C)CCCN(C(=O)OC(C)(C)C)C1=O. The number of likely N-dealkylation sites (tertiary alicyclic amines) is 1. The lowest BCUT2D eigenvalue weighted by Gasteiger charge is -2.38. The predicted octanol–water partition coefficient (Wildman–Crippen LogP) is 3.13. The average Bonchev–Trinajstić information content (AvgIpc) is 2.20. The molecule has 0 bridgehead atoms. The zero-order chi connectivity index (χ0) is 14.0. The van der Waals surface area contributed by atoms with Crippen LogP contribution in [0.2, 0.25) is 0 Å². The van der Waals surface area contributed by atoms with Gasteiger partial charge in [0.25, 0.3) is 0 Å². The number of carbonyl (C=O) groups is 2. The molecule has 2 amide bonds. The fraction of sp³-hybridized carbons (Fsp3) is 0.714. The molecule has 0 spiro atoms. The number of allylic oxidation sites excluding steroid dienone is 1. The summed E-state index contributed by atoms with van der Waals surface area (Å²) in [6.45, 7) is 11.4. The highest BCUT2D eigenvalue weighted by molar-refractivity contribution is 5.96. The summed E-state index contributed by atoms with van der Waals surface area (Å²) < 4.78 is 5.26. The lowest BCUT2D eigenvalue weighted by molar-refractivity contribution is -0.143. The van der Waals surface area contributed by atoms with Gasteiger partial charge in [0.15, 0.2) is 0 Å². The first-order valence-corrected chi connectivity index (χ1v) is 6.35. The van der Waals surface area contributed by atoms with Gasteiger partial charge in [-0.1, -0.05) is 13.0 Å². The molecule has 1 saturated heterocycles. The molecule has 1 fully saturated rings. The van der Waals surface area contributed by atoms with E-state index >= 15 is 0 Å². The molecule has 1 aliphatic rings. The molecular weight excluding hydrogens is 230 g/mol. The molecule has 0 radical (unpaired) electrons. The number of nitrogens with zero attached hydrogens (tertiary/aromatic N) is 1. The van der Waals surface area contributed by atoms with Gasteiger partial charge in [0.1, 0.15) is 5.60 Å². The van der Waals surface area contributed by atoms with Gasteiger partial charge in [-0.2, -0.15) is 0 Å². The van der Waals surface area contributed by atoms with E-state index in [9.17, 15) is 9.59 Å². The van der Waals surface area contributed by atoms with Crippen LogP contribution in [0.3, 0.4) is 0 Å². The summed E-state index contributed by atoms with van der Waals surface area (Å²) in [7, 11) is 0. The molecule has 4 nitrogen and oxygen atoms in total. The average molecular weight is 253 g/mol. The minimum Gasteiger partial charge on any atom is -0.443 e. The van der Waals surface area contributed by atoms with Crippen LogP contribution < -0.4 is 0 Å². The number of amides is 2. The monoisotopic (exact) mass is 253 g/mol. The van der Waals surface area contributed by atoms with Crippen molar-refractivity contribution in [3.63, 3.8) is 0 Å². The van der Waals surface area contributed by atoms with Crippen LogP contribution in [0.15, 0.2) is 12.7 Å². The highest BCUT2D eigenvalue weighted by atomic mass is 16.6. The van der Waals surface area contributed by atoms with E-state index in [1.54, 1.807) is 26.8 Å². The van der Waals surface area contributed by atoms with Crippen LogP contribution in [0.25, 0.3) is 0 Å². The van der Waals surface area contributed by atoms with Crippen LogP contribution in [0.4, 0.5) is 4.79 Å². The molecule has 0 aromatic carbocycles. The second-order valence-electron chi connectivity index (χ2n) is 6.09. The standard InChI is InChI=1S/C14H23NO3/c1-6-8-14(5)9-7-10-15(11(14)16)12(17)18-13(2,3)4/h6H,1,7-10H2,2-5H3/t14-/m1/s1. The molecule has 0 aliphatic carbocycles. The van der Waals surface area contributed by atoms with E-state index in [1.807, 2.05) is 6.92 Å². The fourth-order valence-corrected chi connectivity index (χ4v) is 2.16. The zero-order valence-electron chi connectivity index (χ0n) is 11.8. The molecule has 4 heteroatoms. The molecule has 0 unspecified atom stereocenters. The summed E-state index contributed by atoms with van der Waals surface area (Å²) >= 11 is 0. The maximum Gasteiger partial charge on any atom is 0.417 e. The molecule has 0 aromatic rings. The van der Waals surface area contributed by atoms with Crippen LogP contribution in [-0.4, -0.2) is 29.0 Å². The van der Waals surface area contributed by atoms with Gasteiger partial charge in [-0.05, 0) is 40.0 Å². The van der Waals surface area contributed by atoms with Gasteiger partial charge in [-0.3, -0.25) is 4.79 Å². The minimum atomic E-state index is -0.580. The first-order valence-electron chi connectivity index (χ1n) is 6.35. The van der Waals surface area contributed by atoms with E-state index in [0.717, 1.165) is 12.8 Å². The summed E-state index contributed by atoms with van der Waals surface area (Å²) in [6.07, 6.45) is 3.39. The van der Waals surface area contributed by atoms with E-state index in [4.69, 9.17) is 4.74 Å². The third-order valence-corrected chi connectivity index (χ3v) is 3.08. The van der Waals surface area contributed by atoms with E-state index in [0.29, 0.717) is 13.0 Å². The second kappa shape index (κ2) is 5.12. The Labute approximate surface area is 109 Å². The minimum absolute atomic E-state index is 0.150. The van der Waals surface area contributed by atoms with Crippen molar-refractivity contribution in [2.24, 2.45) is 5.41 Å². The smallest absolute Gasteiger partial charge is 0.417 e. The summed E-state index contributed by atoms with van der Waals surface area (Å²) in [5.41, 5.74) is -1.10. The highest BCUT2D eigenvalue weighted by Gasteiger charge is 2.42. The first kappa shape index (κ1) is 14.7. The van der Waals surface area contributed by atoms with Crippen LogP contribution in [0.5, 0.6) is 0 Å². The quantitative estimate of drug-likeness (QED) is 0.710. The van der Waals surface area contributed by atoms with Crippen molar-refractivity contribution in [1.29, 1.82) is 0 Å². The molecule has 1 rings (SSSR count). The number of piperidine rings is 1. The van der Waals surface area contributed by atoms with Gasteiger partial charge in [0.2, 0.25) is 5.91 Å². The summed E-state index contributed by atoms with van der Waals surface area (Å²) in [6, 6.07) is 0. The Morgan fingerprint density at radius 3 is 2.67 bits per heavy atom. The van der Waals surface area contributed by atoms with Gasteiger partial charge < -0.3 is 4.74 Å². The first-order chi connectivity index (χ1) is 8.19. The Hall–Kier alpha value is -1.32. The van der Waals surface area contributed by atoms with Crippen LogP contribution in [0, 0.1) is 5.41 Å². The summed E-state index contributed by atoms with van der Waals surface area (Å²) in [5.74, 6) is -0.150. The van der Waals surface area contributed by atoms with E-state index in [2.05, 4.69) is 6.58 Å². The molecular formula is C14H23NO3. The maximum absolute atomic E-state index is 12.3. The van der Waals surface area contributed by atoms with E-state index in [-0.39, 0.29) is 5.91 Å². The predicted molar refractivity (Wildman–Crippen MR) is 70.1 cm³/mol. The molecule has 0 N–H and O–H groups in total. The number of ether oxygens (including phenoxy) is 1. The lowest BCUT2D eigenvalue weighted by atomic mass is 9.78. The fourth-order valence-electron chi connectivity index (χ4n) is 2.16. The van der Waals surface area contributed by atoms with Gasteiger partial charge >= 0.3 is 6.09 Å². The van der Waals surface area contributed by atoms with Crippen LogP contribution in [-0.2, 0) is 9.53 Å². The number of rotatable bonds is 2. The van der Waals surface area contributed by atoms with Crippen molar-refractivity contribution >= 4 is 12.0 Å². The Balaban J connectivity index is 2.81. The second-order valence-corrected chi connectivity index (χ2v) is 6.09. The molecule has 1 heterocycles. The van der Waals surface area contributed by atoms with Crippen molar-refractivity contribution in [3.05, 3.63) is 12.7 Å². The molecule has 0 aromatic heterocycles. The van der Waals surface area contributed by atoms with Crippen LogP contribution in [0.1, 0.15) is 47.0 Å². The summed E-state index contributed by atoms with van der Waals surface area (Å²) in [4.78, 5) is 25.5. The Morgan fingerprint density at radius 1 is 1.56 bits per heavy atom. The van der Waals surface area contributed by atoms with E-state index in [1.165, 1.54) is 4.90 Å². The maximum atomic E-state index is 12.3. The molecule has 0 saturated carbocycles. The third kappa shape index (κ3) is 3.34. The van der Waals surface area contributed by atoms with Crippen molar-refractivity contribution in [2.75, 3.05) is 6.54 Å². The number of imide groups is 1. The van der Waals surface area contributed by atoms with E-state index < -0.39 is 17.1 Å². The largest absolute Gasteiger partial charge is 0.443 e. The normalized spacial score (nSPS) is 24.9. The van der Waals surface area contributed by atoms with Gasteiger partial charge in [-0.25, -0.2) is 9.69 Å². The molecule has 1 atom stereocenters. The van der Waals surface area contributed by atoms with Gasteiger partial charge in [-0.15, -0.1) is 6.58 Å². The molecule has 18 heavy (non-hydrogen) atoms. The van der Waals surface area contributed by atoms with Crippen molar-refractivity contribution in [2.45, 2.75) is 52.6 Å². The van der Waals surface area contributed by atoms with Crippen molar-refractivity contribution < 1.29 is 14.3 Å². The Kier molecular flexibility index (Phi) is 4.20. The van der Waals surface area contributed by atoms with Crippen molar-refractivity contribution in [3.8, 4) is 0 Å². The Bertz CT molecular complexity index is 357. The number of carbonyl (C=O) groups excluding carboxylic acids is 2. The van der Waals surface area contributed by atoms with Gasteiger partial charge in [0, 0.05) is 6.54 Å². The topological polar surface area (TPSA) is 46.6 Å². The Morgan fingerprint density at radius 2 is 2.17 bits per heavy atom. The van der Waals surface area contributed by atoms with Crippen molar-refractivity contribution in [1.82, 2.24) is 4.90 Å². The summed E-state index contributed by atoms with van der Waals surface area (Å²) in [5, 5.41) is 0. The molecule has 102 valence electrons. The van der Waals surface area contributed by atoms with Gasteiger partial charge in [0.05, 0.1) is 5.41 Å². The number of hydrogen-bond acceptors (Lipinski definition) is 3. The molecule has 1 aliphatic heterocycles. The number of hydrogen-bond donors (Lipinski definition) is 0. The van der Waals surface area contributed by atoms with Crippen LogP contribution >= 0.6 is 0 Å². The zero-order valence-corrected chi connectivity index (χ0v) is 11.8.